The molecule has 6 nitrogen and oxygen atoms in total. The summed E-state index contributed by atoms with van der Waals surface area (Å²) < 4.78 is 10.7. The molecule has 3 rings (SSSR count). The lowest BCUT2D eigenvalue weighted by atomic mass is 10.0. The topological polar surface area (TPSA) is 77.5 Å². The van der Waals surface area contributed by atoms with Crippen LogP contribution >= 0.6 is 0 Å². The number of pyridine rings is 1. The van der Waals surface area contributed by atoms with E-state index in [0.717, 1.165) is 49.0 Å². The Morgan fingerprint density at radius 3 is 2.32 bits per heavy atom. The van der Waals surface area contributed by atoms with Crippen molar-refractivity contribution in [3.05, 3.63) is 95.8 Å². The van der Waals surface area contributed by atoms with Crippen LogP contribution in [-0.4, -0.2) is 30.0 Å². The van der Waals surface area contributed by atoms with Crippen molar-refractivity contribution in [2.75, 3.05) is 7.11 Å². The van der Waals surface area contributed by atoms with Gasteiger partial charge in [0.15, 0.2) is 0 Å². The minimum Gasteiger partial charge on any atom is -0.489 e. The highest BCUT2D eigenvalue weighted by Crippen LogP contribution is 2.17. The maximum atomic E-state index is 12.6. The maximum Gasteiger partial charge on any atom is 0.305 e. The van der Waals surface area contributed by atoms with Crippen LogP contribution in [0.1, 0.15) is 61.6 Å². The Hall–Kier alpha value is -3.67. The summed E-state index contributed by atoms with van der Waals surface area (Å²) in [5, 5.41) is 3.14. The molecule has 3 aromatic rings. The highest BCUT2D eigenvalue weighted by Gasteiger charge is 2.15. The summed E-state index contributed by atoms with van der Waals surface area (Å²) in [5.41, 5.74) is 3.45. The summed E-state index contributed by atoms with van der Waals surface area (Å²) in [6.07, 6.45) is 10.7. The maximum absolute atomic E-state index is 12.6. The molecule has 1 aromatic heterocycles. The number of ether oxygens (including phenoxy) is 2. The van der Waals surface area contributed by atoms with Crippen molar-refractivity contribution in [3.8, 4) is 5.75 Å². The molecular formula is C31H38N2O4. The predicted molar refractivity (Wildman–Crippen MR) is 145 cm³/mol. The van der Waals surface area contributed by atoms with Gasteiger partial charge < -0.3 is 14.8 Å². The zero-order valence-electron chi connectivity index (χ0n) is 21.7. The molecule has 0 aliphatic heterocycles. The lowest BCUT2D eigenvalue weighted by molar-refractivity contribution is -0.141. The van der Waals surface area contributed by atoms with Gasteiger partial charge in [-0.25, -0.2) is 0 Å². The lowest BCUT2D eigenvalue weighted by Gasteiger charge is -2.19. The summed E-state index contributed by atoms with van der Waals surface area (Å²) in [6, 6.07) is 21.9. The molecule has 0 unspecified atom stereocenters. The number of methoxy groups -OCH3 is 1. The average Bonchev–Trinajstić information content (AvgIpc) is 2.94. The summed E-state index contributed by atoms with van der Waals surface area (Å²) in [6.45, 7) is 0.515. The second-order valence-electron chi connectivity index (χ2n) is 9.28. The third-order valence-corrected chi connectivity index (χ3v) is 6.29. The van der Waals surface area contributed by atoms with Gasteiger partial charge in [-0.2, -0.15) is 0 Å². The zero-order chi connectivity index (χ0) is 26.1. The summed E-state index contributed by atoms with van der Waals surface area (Å²) in [5.74, 6) is 0.564. The second kappa shape index (κ2) is 16.1. The first-order valence-corrected chi connectivity index (χ1v) is 13.1. The van der Waals surface area contributed by atoms with Crippen LogP contribution in [0.25, 0.3) is 0 Å². The number of hydrogen-bond donors (Lipinski definition) is 1. The number of aryl methyl sites for hydroxylation is 1. The molecule has 196 valence electrons. The number of rotatable bonds is 16. The van der Waals surface area contributed by atoms with E-state index in [-0.39, 0.29) is 24.3 Å². The van der Waals surface area contributed by atoms with E-state index >= 15 is 0 Å². The second-order valence-corrected chi connectivity index (χ2v) is 9.28. The highest BCUT2D eigenvalue weighted by molar-refractivity contribution is 5.76. The van der Waals surface area contributed by atoms with Crippen molar-refractivity contribution >= 4 is 11.9 Å². The first-order valence-electron chi connectivity index (χ1n) is 13.1. The molecule has 1 amide bonds. The number of carbonyl (C=O) groups excluding carboxylic acids is 2. The van der Waals surface area contributed by atoms with Gasteiger partial charge in [-0.05, 0) is 67.0 Å². The molecular weight excluding hydrogens is 464 g/mol. The number of carbonyl (C=O) groups is 2. The number of esters is 1. The zero-order valence-corrected chi connectivity index (χ0v) is 21.7. The molecule has 37 heavy (non-hydrogen) atoms. The van der Waals surface area contributed by atoms with Crippen LogP contribution in [0.4, 0.5) is 0 Å². The van der Waals surface area contributed by atoms with E-state index in [4.69, 9.17) is 9.47 Å². The number of benzene rings is 2. The standard InChI is InChI=1S/C31H38N2O4/c1-36-31(35)20-17-28(33-30(34)14-8-3-2-5-10-26-13-9-21-32-23-26)22-25-15-18-29(19-16-25)37-24-27-11-6-4-7-12-27/h4,6-7,9,11-13,15-16,18-19,21,23,28H,2-3,5,8,10,14,17,20,22,24H2,1H3,(H,33,34)/t28-/m0/s1. The Labute approximate surface area is 220 Å². The molecule has 0 aliphatic carbocycles. The molecule has 6 heteroatoms. The molecule has 0 fully saturated rings. The van der Waals surface area contributed by atoms with Crippen molar-refractivity contribution in [1.29, 1.82) is 0 Å². The van der Waals surface area contributed by atoms with Crippen molar-refractivity contribution in [2.24, 2.45) is 0 Å². The molecule has 1 N–H and O–H groups in total. The van der Waals surface area contributed by atoms with Gasteiger partial charge in [-0.15, -0.1) is 0 Å². The number of unbranched alkanes of at least 4 members (excludes halogenated alkanes) is 3. The molecule has 0 aliphatic rings. The van der Waals surface area contributed by atoms with Crippen molar-refractivity contribution < 1.29 is 19.1 Å². The van der Waals surface area contributed by atoms with Gasteiger partial charge in [-0.1, -0.05) is 61.4 Å². The van der Waals surface area contributed by atoms with E-state index in [1.165, 1.54) is 12.7 Å². The Morgan fingerprint density at radius 1 is 0.838 bits per heavy atom. The Bertz CT molecular complexity index is 1060. The molecule has 1 heterocycles. The Morgan fingerprint density at radius 2 is 1.59 bits per heavy atom. The van der Waals surface area contributed by atoms with Crippen LogP contribution in [0, 0.1) is 0 Å². The van der Waals surface area contributed by atoms with Gasteiger partial charge in [0.05, 0.1) is 7.11 Å². The van der Waals surface area contributed by atoms with E-state index in [9.17, 15) is 9.59 Å². The molecule has 2 aromatic carbocycles. The fraction of sp³-hybridized carbons (Fsp3) is 0.387. The third-order valence-electron chi connectivity index (χ3n) is 6.29. The largest absolute Gasteiger partial charge is 0.489 e. The fourth-order valence-electron chi connectivity index (χ4n) is 4.18. The van der Waals surface area contributed by atoms with Crippen LogP contribution < -0.4 is 10.1 Å². The molecule has 0 radical (unpaired) electrons. The number of aromatic nitrogens is 1. The van der Waals surface area contributed by atoms with E-state index in [0.29, 0.717) is 25.9 Å². The van der Waals surface area contributed by atoms with Crippen LogP contribution in [0.2, 0.25) is 0 Å². The van der Waals surface area contributed by atoms with Gasteiger partial charge in [-0.3, -0.25) is 14.6 Å². The van der Waals surface area contributed by atoms with Crippen molar-refractivity contribution in [1.82, 2.24) is 10.3 Å². The molecule has 0 spiro atoms. The number of nitrogens with zero attached hydrogens (tertiary/aromatic N) is 1. The van der Waals surface area contributed by atoms with E-state index in [1.54, 1.807) is 6.20 Å². The predicted octanol–water partition coefficient (Wildman–Crippen LogP) is 5.83. The van der Waals surface area contributed by atoms with E-state index < -0.39 is 0 Å². The average molecular weight is 503 g/mol. The third kappa shape index (κ3) is 11.3. The first kappa shape index (κ1) is 27.9. The fourth-order valence-corrected chi connectivity index (χ4v) is 4.18. The molecule has 0 bridgehead atoms. The van der Waals surface area contributed by atoms with Crippen LogP contribution in [0.5, 0.6) is 5.75 Å². The van der Waals surface area contributed by atoms with Gasteiger partial charge in [0.25, 0.3) is 0 Å². The number of hydrogen-bond acceptors (Lipinski definition) is 5. The van der Waals surface area contributed by atoms with Gasteiger partial charge in [0.2, 0.25) is 5.91 Å². The summed E-state index contributed by atoms with van der Waals surface area (Å²) in [4.78, 5) is 28.5. The minimum absolute atomic E-state index is 0.0324. The Balaban J connectivity index is 1.41. The summed E-state index contributed by atoms with van der Waals surface area (Å²) >= 11 is 0. The normalized spacial score (nSPS) is 11.5. The molecule has 1 atom stereocenters. The first-order chi connectivity index (χ1) is 18.1. The number of nitrogens with one attached hydrogen (secondary N) is 1. The van der Waals surface area contributed by atoms with Crippen molar-refractivity contribution in [2.45, 2.75) is 70.4 Å². The smallest absolute Gasteiger partial charge is 0.305 e. The van der Waals surface area contributed by atoms with Gasteiger partial charge in [0, 0.05) is 31.3 Å². The van der Waals surface area contributed by atoms with Crippen LogP contribution in [0.15, 0.2) is 79.1 Å². The Kier molecular flexibility index (Phi) is 12.2. The monoisotopic (exact) mass is 502 g/mol. The minimum atomic E-state index is -0.266. The van der Waals surface area contributed by atoms with Gasteiger partial charge in [0.1, 0.15) is 12.4 Å². The lowest BCUT2D eigenvalue weighted by Crippen LogP contribution is -2.36. The number of amides is 1. The van der Waals surface area contributed by atoms with E-state index in [1.807, 2.05) is 66.9 Å². The van der Waals surface area contributed by atoms with Crippen LogP contribution in [-0.2, 0) is 33.8 Å². The van der Waals surface area contributed by atoms with Crippen molar-refractivity contribution in [3.63, 3.8) is 0 Å². The quantitative estimate of drug-likeness (QED) is 0.197. The van der Waals surface area contributed by atoms with Crippen LogP contribution in [0.3, 0.4) is 0 Å². The SMILES string of the molecule is COC(=O)CC[C@@H](Cc1ccc(OCc2ccccc2)cc1)NC(=O)CCCCCCc1cccnc1. The van der Waals surface area contributed by atoms with Gasteiger partial charge >= 0.3 is 5.97 Å². The highest BCUT2D eigenvalue weighted by atomic mass is 16.5. The molecule has 0 saturated carbocycles. The molecule has 0 saturated heterocycles. The summed E-state index contributed by atoms with van der Waals surface area (Å²) in [7, 11) is 1.39. The van der Waals surface area contributed by atoms with E-state index in [2.05, 4.69) is 16.4 Å².